The fourth-order valence-corrected chi connectivity index (χ4v) is 5.07. The van der Waals surface area contributed by atoms with Crippen molar-refractivity contribution in [3.8, 4) is 0 Å². The Morgan fingerprint density at radius 2 is 1.94 bits per heavy atom. The highest BCUT2D eigenvalue weighted by atomic mass is 14.5. The van der Waals surface area contributed by atoms with Gasteiger partial charge in [-0.25, -0.2) is 0 Å². The van der Waals surface area contributed by atoms with Gasteiger partial charge in [0.15, 0.2) is 0 Å². The summed E-state index contributed by atoms with van der Waals surface area (Å²) in [7, 11) is 0. The first-order valence-electron chi connectivity index (χ1n) is 8.53. The number of rotatable bonds is 5. The number of fused-ring (bicyclic) bond motifs is 2. The maximum Gasteiger partial charge on any atom is -0.0241 e. The lowest BCUT2D eigenvalue weighted by atomic mass is 9.48. The van der Waals surface area contributed by atoms with Gasteiger partial charge in [0.05, 0.1) is 0 Å². The van der Waals surface area contributed by atoms with E-state index in [1.54, 1.807) is 12.8 Å². The van der Waals surface area contributed by atoms with Gasteiger partial charge in [-0.1, -0.05) is 59.8 Å². The lowest BCUT2D eigenvalue weighted by Gasteiger charge is -2.57. The van der Waals surface area contributed by atoms with E-state index in [4.69, 9.17) is 0 Å². The minimum atomic E-state index is 0.579. The highest BCUT2D eigenvalue weighted by Crippen LogP contribution is 2.61. The molecule has 3 unspecified atom stereocenters. The van der Waals surface area contributed by atoms with Gasteiger partial charge in [0, 0.05) is 0 Å². The number of hydrogen-bond acceptors (Lipinski definition) is 0. The summed E-state index contributed by atoms with van der Waals surface area (Å²) < 4.78 is 0. The summed E-state index contributed by atoms with van der Waals surface area (Å²) in [5.74, 6) is 2.10. The predicted molar refractivity (Wildman–Crippen MR) is 80.7 cm³/mol. The molecule has 0 spiro atoms. The molecular formula is C18H34. The molecule has 0 radical (unpaired) electrons. The molecule has 2 saturated carbocycles. The molecule has 0 saturated heterocycles. The Balaban J connectivity index is 2.15. The fraction of sp³-hybridized carbons (Fsp3) is 1.00. The topological polar surface area (TPSA) is 0 Å². The van der Waals surface area contributed by atoms with Gasteiger partial charge in [0.25, 0.3) is 0 Å². The molecule has 0 heteroatoms. The second-order valence-electron chi connectivity index (χ2n) is 7.94. The van der Waals surface area contributed by atoms with Crippen LogP contribution >= 0.6 is 0 Å². The second kappa shape index (κ2) is 5.55. The van der Waals surface area contributed by atoms with Crippen LogP contribution in [0, 0.1) is 22.7 Å². The van der Waals surface area contributed by atoms with Crippen molar-refractivity contribution in [3.63, 3.8) is 0 Å². The molecule has 0 nitrogen and oxygen atoms in total. The third-order valence-corrected chi connectivity index (χ3v) is 6.46. The first-order valence-corrected chi connectivity index (χ1v) is 8.53. The molecule has 2 aliphatic carbocycles. The Morgan fingerprint density at radius 3 is 2.61 bits per heavy atom. The average Bonchev–Trinajstić information content (AvgIpc) is 2.35. The minimum Gasteiger partial charge on any atom is -0.0654 e. The van der Waals surface area contributed by atoms with Crippen molar-refractivity contribution < 1.29 is 0 Å². The van der Waals surface area contributed by atoms with Gasteiger partial charge in [0.2, 0.25) is 0 Å². The van der Waals surface area contributed by atoms with Gasteiger partial charge in [-0.3, -0.25) is 0 Å². The largest absolute Gasteiger partial charge is 0.0654 e. The Hall–Kier alpha value is 0. The molecule has 2 bridgehead atoms. The van der Waals surface area contributed by atoms with Crippen LogP contribution in [0.5, 0.6) is 0 Å². The summed E-state index contributed by atoms with van der Waals surface area (Å²) in [5.41, 5.74) is 1.28. The maximum absolute atomic E-state index is 2.59. The lowest BCUT2D eigenvalue weighted by Crippen LogP contribution is -2.46. The zero-order valence-corrected chi connectivity index (χ0v) is 13.2. The molecule has 0 aliphatic heterocycles. The molecule has 2 aliphatic rings. The van der Waals surface area contributed by atoms with Crippen LogP contribution in [0.2, 0.25) is 0 Å². The summed E-state index contributed by atoms with van der Waals surface area (Å²) in [6.07, 6.45) is 14.9. The van der Waals surface area contributed by atoms with Crippen LogP contribution in [0.1, 0.15) is 91.9 Å². The highest BCUT2D eigenvalue weighted by Gasteiger charge is 2.50. The van der Waals surface area contributed by atoms with Crippen molar-refractivity contribution in [2.45, 2.75) is 91.9 Å². The first-order chi connectivity index (χ1) is 8.53. The van der Waals surface area contributed by atoms with Gasteiger partial charge >= 0.3 is 0 Å². The molecule has 18 heavy (non-hydrogen) atoms. The molecule has 0 aromatic carbocycles. The summed E-state index contributed by atoms with van der Waals surface area (Å²) in [6, 6.07) is 0. The first kappa shape index (κ1) is 14.4. The molecule has 3 atom stereocenters. The van der Waals surface area contributed by atoms with E-state index < -0.39 is 0 Å². The standard InChI is InChI=1S/C18H34/c1-5-7-10-17(3,4)18-11-8-9-16(14-18)12-15(6-2)13-18/h15-16H,5-14H2,1-4H3. The summed E-state index contributed by atoms with van der Waals surface area (Å²) >= 11 is 0. The third kappa shape index (κ3) is 2.63. The third-order valence-electron chi connectivity index (χ3n) is 6.46. The van der Waals surface area contributed by atoms with Crippen molar-refractivity contribution in [1.29, 1.82) is 0 Å². The lowest BCUT2D eigenvalue weighted by molar-refractivity contribution is -0.0622. The van der Waals surface area contributed by atoms with Crippen molar-refractivity contribution >= 4 is 0 Å². The van der Waals surface area contributed by atoms with Gasteiger partial charge in [-0.15, -0.1) is 0 Å². The highest BCUT2D eigenvalue weighted by molar-refractivity contribution is 5.00. The summed E-state index contributed by atoms with van der Waals surface area (Å²) in [6.45, 7) is 9.93. The van der Waals surface area contributed by atoms with Crippen LogP contribution in [0.25, 0.3) is 0 Å². The smallest absolute Gasteiger partial charge is 0.0241 e. The molecule has 0 N–H and O–H groups in total. The maximum atomic E-state index is 2.59. The van der Waals surface area contributed by atoms with E-state index in [1.807, 2.05) is 0 Å². The molecule has 0 amide bonds. The van der Waals surface area contributed by atoms with Crippen molar-refractivity contribution in [2.24, 2.45) is 22.7 Å². The molecule has 2 fully saturated rings. The predicted octanol–water partition coefficient (Wildman–Crippen LogP) is 6.20. The van der Waals surface area contributed by atoms with Crippen LogP contribution < -0.4 is 0 Å². The zero-order chi connectivity index (χ0) is 13.2. The van der Waals surface area contributed by atoms with Gasteiger partial charge < -0.3 is 0 Å². The Labute approximate surface area is 115 Å². The fourth-order valence-electron chi connectivity index (χ4n) is 5.07. The van der Waals surface area contributed by atoms with Gasteiger partial charge in [0.1, 0.15) is 0 Å². The number of unbranched alkanes of at least 4 members (excludes halogenated alkanes) is 1. The molecule has 0 aromatic heterocycles. The van der Waals surface area contributed by atoms with E-state index in [0.717, 1.165) is 11.8 Å². The van der Waals surface area contributed by atoms with Crippen molar-refractivity contribution in [1.82, 2.24) is 0 Å². The van der Waals surface area contributed by atoms with Crippen LogP contribution in [-0.4, -0.2) is 0 Å². The molecule has 2 rings (SSSR count). The SMILES string of the molecule is CCCCC(C)(C)C12CCCC(CC(CC)C1)C2. The van der Waals surface area contributed by atoms with Gasteiger partial charge in [-0.2, -0.15) is 0 Å². The minimum absolute atomic E-state index is 0.579. The van der Waals surface area contributed by atoms with E-state index in [1.165, 1.54) is 51.4 Å². The monoisotopic (exact) mass is 250 g/mol. The molecule has 106 valence electrons. The van der Waals surface area contributed by atoms with Crippen LogP contribution in [0.15, 0.2) is 0 Å². The summed E-state index contributed by atoms with van der Waals surface area (Å²) in [4.78, 5) is 0. The zero-order valence-electron chi connectivity index (χ0n) is 13.2. The van der Waals surface area contributed by atoms with Gasteiger partial charge in [-0.05, 0) is 54.8 Å². The molecule has 0 aromatic rings. The molecule has 0 heterocycles. The molecular weight excluding hydrogens is 216 g/mol. The normalized spacial score (nSPS) is 36.7. The van der Waals surface area contributed by atoms with E-state index in [0.29, 0.717) is 10.8 Å². The number of hydrogen-bond donors (Lipinski definition) is 0. The van der Waals surface area contributed by atoms with Crippen LogP contribution in [-0.2, 0) is 0 Å². The Bertz CT molecular complexity index is 265. The van der Waals surface area contributed by atoms with Crippen LogP contribution in [0.3, 0.4) is 0 Å². The van der Waals surface area contributed by atoms with Crippen LogP contribution in [0.4, 0.5) is 0 Å². The van der Waals surface area contributed by atoms with Crippen molar-refractivity contribution in [3.05, 3.63) is 0 Å². The van der Waals surface area contributed by atoms with E-state index >= 15 is 0 Å². The van der Waals surface area contributed by atoms with E-state index in [-0.39, 0.29) is 0 Å². The van der Waals surface area contributed by atoms with E-state index in [9.17, 15) is 0 Å². The van der Waals surface area contributed by atoms with Crippen molar-refractivity contribution in [2.75, 3.05) is 0 Å². The quantitative estimate of drug-likeness (QED) is 0.545. The average molecular weight is 250 g/mol. The van der Waals surface area contributed by atoms with E-state index in [2.05, 4.69) is 27.7 Å². The second-order valence-corrected chi connectivity index (χ2v) is 7.94. The Kier molecular flexibility index (Phi) is 4.44. The summed E-state index contributed by atoms with van der Waals surface area (Å²) in [5, 5.41) is 0. The Morgan fingerprint density at radius 1 is 1.17 bits per heavy atom.